The zero-order valence-corrected chi connectivity index (χ0v) is 48.3. The molecule has 3 nitrogen and oxygen atoms in total. The summed E-state index contributed by atoms with van der Waals surface area (Å²) >= 11 is 0. The van der Waals surface area contributed by atoms with Gasteiger partial charge in [-0.2, -0.15) is 0 Å². The number of para-hydroxylation sites is 1. The largest absolute Gasteiger partial charge is 0.334 e. The Morgan fingerprint density at radius 2 is 1.03 bits per heavy atom. The van der Waals surface area contributed by atoms with Gasteiger partial charge in [-0.05, 0) is 188 Å². The van der Waals surface area contributed by atoms with Crippen LogP contribution < -0.4 is 31.1 Å². The van der Waals surface area contributed by atoms with Crippen LogP contribution in [0.25, 0.3) is 11.1 Å². The normalized spacial score (nSPS) is 20.1. The third-order valence-electron chi connectivity index (χ3n) is 19.0. The van der Waals surface area contributed by atoms with Gasteiger partial charge < -0.3 is 14.7 Å². The summed E-state index contributed by atoms with van der Waals surface area (Å²) in [5.41, 5.74) is 27.9. The quantitative estimate of drug-likeness (QED) is 0.159. The molecular weight excluding hydrogens is 930 g/mol. The lowest BCUT2D eigenvalue weighted by Crippen LogP contribution is -2.61. The molecule has 2 unspecified atom stereocenters. The van der Waals surface area contributed by atoms with E-state index in [1.165, 1.54) is 130 Å². The van der Waals surface area contributed by atoms with E-state index < -0.39 is 0 Å². The van der Waals surface area contributed by atoms with Crippen molar-refractivity contribution in [1.82, 2.24) is 0 Å². The summed E-state index contributed by atoms with van der Waals surface area (Å²) in [6.07, 6.45) is 6.81. The predicted molar refractivity (Wildman–Crippen MR) is 331 cm³/mol. The number of hydrogen-bond donors (Lipinski definition) is 0. The van der Waals surface area contributed by atoms with Gasteiger partial charge in [0.25, 0.3) is 6.71 Å². The molecule has 0 N–H and O–H groups in total. The second-order valence-corrected chi connectivity index (χ2v) is 28.0. The highest BCUT2D eigenvalue weighted by atomic mass is 15.3. The Labute approximate surface area is 461 Å². The molecular formula is C73H78BN3. The summed E-state index contributed by atoms with van der Waals surface area (Å²) < 4.78 is 0. The van der Waals surface area contributed by atoms with Crippen LogP contribution in [0, 0.1) is 12.3 Å². The Balaban J connectivity index is 1.07. The minimum absolute atomic E-state index is 0.0144. The van der Waals surface area contributed by atoms with Gasteiger partial charge in [-0.3, -0.25) is 0 Å². The Kier molecular flexibility index (Phi) is 11.1. The monoisotopic (exact) mass is 1010 g/mol. The lowest BCUT2D eigenvalue weighted by Gasteiger charge is -2.52. The highest BCUT2D eigenvalue weighted by Crippen LogP contribution is 2.64. The molecule has 4 heteroatoms. The average Bonchev–Trinajstić information content (AvgIpc) is 3.58. The van der Waals surface area contributed by atoms with Crippen LogP contribution in [-0.2, 0) is 34.5 Å². The van der Waals surface area contributed by atoms with Gasteiger partial charge in [0.15, 0.2) is 0 Å². The molecule has 0 saturated heterocycles. The molecule has 77 heavy (non-hydrogen) atoms. The van der Waals surface area contributed by atoms with E-state index in [9.17, 15) is 0 Å². The molecule has 388 valence electrons. The Bertz CT molecular complexity index is 3660. The molecule has 1 fully saturated rings. The van der Waals surface area contributed by atoms with Crippen molar-refractivity contribution in [2.45, 2.75) is 156 Å². The highest BCUT2D eigenvalue weighted by molar-refractivity contribution is 7.00. The van der Waals surface area contributed by atoms with Crippen molar-refractivity contribution < 1.29 is 0 Å². The van der Waals surface area contributed by atoms with E-state index in [1.54, 1.807) is 0 Å². The van der Waals surface area contributed by atoms with Gasteiger partial charge >= 0.3 is 0 Å². The second-order valence-electron chi connectivity index (χ2n) is 28.0. The van der Waals surface area contributed by atoms with Gasteiger partial charge in [-0.25, -0.2) is 0 Å². The van der Waals surface area contributed by atoms with E-state index in [1.807, 2.05) is 0 Å². The number of rotatable bonds is 5. The number of anilines is 8. The summed E-state index contributed by atoms with van der Waals surface area (Å²) in [5, 5.41) is 0. The van der Waals surface area contributed by atoms with Crippen LogP contribution in [0.3, 0.4) is 0 Å². The van der Waals surface area contributed by atoms with Crippen molar-refractivity contribution in [2.75, 3.05) is 14.7 Å². The van der Waals surface area contributed by atoms with Crippen LogP contribution in [0.2, 0.25) is 0 Å². The van der Waals surface area contributed by atoms with E-state index in [0.29, 0.717) is 0 Å². The Morgan fingerprint density at radius 1 is 0.455 bits per heavy atom. The van der Waals surface area contributed by atoms with E-state index in [4.69, 9.17) is 0 Å². The van der Waals surface area contributed by atoms with Gasteiger partial charge in [0.05, 0.1) is 11.2 Å². The molecule has 0 bridgehead atoms. The Hall–Kier alpha value is -6.78. The van der Waals surface area contributed by atoms with Gasteiger partial charge in [0, 0.05) is 50.8 Å². The van der Waals surface area contributed by atoms with E-state index >= 15 is 0 Å². The number of hydrogen-bond acceptors (Lipinski definition) is 3. The molecule has 8 aromatic carbocycles. The molecule has 1 saturated carbocycles. The standard InChI is InChI=1S/C73H78BN3/c1-47-39-65-67-66(40-47)76(61-36-31-54(70(8,9)10)43-57(61)48-21-15-14-16-22-48)63-42-50-46-71(11,12)45-49(50)41-60(63)74(67)59-35-34-56(44-64(59)75(65)55-32-29-52(30-33-55)69(5,6)7)77-62-24-18-17-23-58(62)73(38-20-19-37-72(73,77)13)53-27-25-51(26-28-53)68(2,3)4/h14-18,21-36,39-44H,19-20,37-38,45-46H2,1-13H3. The first kappa shape index (κ1) is 49.8. The fourth-order valence-corrected chi connectivity index (χ4v) is 15.2. The maximum absolute atomic E-state index is 2.80. The first-order valence-electron chi connectivity index (χ1n) is 28.9. The van der Waals surface area contributed by atoms with Gasteiger partial charge in [0.2, 0.25) is 0 Å². The number of nitrogens with zero attached hydrogens (tertiary/aromatic N) is 3. The number of benzene rings is 8. The van der Waals surface area contributed by atoms with Gasteiger partial charge in [0.1, 0.15) is 0 Å². The average molecular weight is 1010 g/mol. The van der Waals surface area contributed by atoms with Crippen molar-refractivity contribution in [3.63, 3.8) is 0 Å². The molecule has 2 atom stereocenters. The molecule has 13 rings (SSSR count). The van der Waals surface area contributed by atoms with E-state index in [0.717, 1.165) is 25.7 Å². The number of aryl methyl sites for hydroxylation is 1. The maximum Gasteiger partial charge on any atom is 0.252 e. The lowest BCUT2D eigenvalue weighted by atomic mass is 9.33. The van der Waals surface area contributed by atoms with Crippen LogP contribution in [0.1, 0.15) is 153 Å². The first-order valence-corrected chi connectivity index (χ1v) is 28.9. The smallest absolute Gasteiger partial charge is 0.252 e. The van der Waals surface area contributed by atoms with Crippen molar-refractivity contribution in [1.29, 1.82) is 0 Å². The summed E-state index contributed by atoms with van der Waals surface area (Å²) in [5.74, 6) is 0. The topological polar surface area (TPSA) is 9.72 Å². The molecule has 0 aromatic heterocycles. The maximum atomic E-state index is 2.80. The molecule has 0 amide bonds. The third kappa shape index (κ3) is 7.65. The minimum atomic E-state index is -0.202. The molecule has 3 aliphatic heterocycles. The molecule has 0 spiro atoms. The first-order chi connectivity index (χ1) is 36.6. The fraction of sp³-hybridized carbons (Fsp3) is 0.342. The molecule has 3 heterocycles. The van der Waals surface area contributed by atoms with Crippen LogP contribution in [0.5, 0.6) is 0 Å². The van der Waals surface area contributed by atoms with Crippen molar-refractivity contribution in [2.24, 2.45) is 5.41 Å². The molecule has 0 radical (unpaired) electrons. The SMILES string of the molecule is Cc1cc2c3c(c1)N(c1ccc(C(C)(C)C)cc1-c1ccccc1)c1cc4c(cc1B3c1ccc(N3c5ccccc5C5(c6ccc(C(C)(C)C)cc6)CCCCC35C)cc1N2c1ccc(C(C)(C)C)cc1)CC(C)(C)C4. The van der Waals surface area contributed by atoms with Gasteiger partial charge in [-0.1, -0.05) is 192 Å². The van der Waals surface area contributed by atoms with Gasteiger partial charge in [-0.15, -0.1) is 0 Å². The summed E-state index contributed by atoms with van der Waals surface area (Å²) in [6, 6.07) is 65.2. The summed E-state index contributed by atoms with van der Waals surface area (Å²) in [7, 11) is 0. The zero-order chi connectivity index (χ0) is 53.8. The summed E-state index contributed by atoms with van der Waals surface area (Å²) in [4.78, 5) is 8.13. The van der Waals surface area contributed by atoms with E-state index in [-0.39, 0.29) is 39.3 Å². The molecule has 2 aliphatic carbocycles. The fourth-order valence-electron chi connectivity index (χ4n) is 15.2. The van der Waals surface area contributed by atoms with E-state index in [2.05, 4.69) is 269 Å². The second kappa shape index (κ2) is 17.1. The lowest BCUT2D eigenvalue weighted by molar-refractivity contribution is 0.215. The number of fused-ring (bicyclic) bond motifs is 8. The van der Waals surface area contributed by atoms with Crippen molar-refractivity contribution >= 4 is 68.6 Å². The molecule has 5 aliphatic rings. The van der Waals surface area contributed by atoms with Crippen molar-refractivity contribution in [3.8, 4) is 11.1 Å². The van der Waals surface area contributed by atoms with Crippen LogP contribution in [0.4, 0.5) is 45.5 Å². The molecule has 8 aromatic rings. The predicted octanol–water partition coefficient (Wildman–Crippen LogP) is 17.5. The zero-order valence-electron chi connectivity index (χ0n) is 48.3. The highest BCUT2D eigenvalue weighted by Gasteiger charge is 2.61. The third-order valence-corrected chi connectivity index (χ3v) is 19.0. The van der Waals surface area contributed by atoms with Crippen LogP contribution in [-0.4, -0.2) is 12.3 Å². The summed E-state index contributed by atoms with van der Waals surface area (Å²) in [6.45, 7) is 30.8. The van der Waals surface area contributed by atoms with Crippen molar-refractivity contribution in [3.05, 3.63) is 208 Å². The van der Waals surface area contributed by atoms with Crippen LogP contribution >= 0.6 is 0 Å². The van der Waals surface area contributed by atoms with Crippen LogP contribution in [0.15, 0.2) is 164 Å². The minimum Gasteiger partial charge on any atom is -0.334 e. The Morgan fingerprint density at radius 3 is 1.70 bits per heavy atom.